The van der Waals surface area contributed by atoms with Gasteiger partial charge in [0.15, 0.2) is 6.10 Å². The number of nitrogens with zero attached hydrogens (tertiary/aromatic N) is 1. The van der Waals surface area contributed by atoms with E-state index in [0.29, 0.717) is 37.3 Å². The van der Waals surface area contributed by atoms with E-state index >= 15 is 0 Å². The van der Waals surface area contributed by atoms with Crippen LogP contribution < -0.4 is 15.7 Å². The van der Waals surface area contributed by atoms with E-state index in [0.717, 1.165) is 30.3 Å². The second-order valence-corrected chi connectivity index (χ2v) is 6.99. The van der Waals surface area contributed by atoms with Crippen LogP contribution in [0.5, 0.6) is 5.75 Å². The summed E-state index contributed by atoms with van der Waals surface area (Å²) >= 11 is 0. The lowest BCUT2D eigenvalue weighted by Gasteiger charge is -2.17. The maximum atomic E-state index is 12.2. The number of aryl methyl sites for hydroxylation is 1. The molecule has 28 heavy (non-hydrogen) atoms. The second-order valence-electron chi connectivity index (χ2n) is 6.99. The molecule has 3 rings (SSSR count). The van der Waals surface area contributed by atoms with E-state index in [1.807, 2.05) is 17.9 Å². The molecule has 1 atom stereocenters. The summed E-state index contributed by atoms with van der Waals surface area (Å²) in [5.41, 5.74) is 0.966. The zero-order valence-electron chi connectivity index (χ0n) is 16.3. The van der Waals surface area contributed by atoms with Crippen molar-refractivity contribution in [3.63, 3.8) is 0 Å². The van der Waals surface area contributed by atoms with E-state index in [9.17, 15) is 14.4 Å². The smallest absolute Gasteiger partial charge is 0.336 e. The molecule has 1 aliphatic rings. The summed E-state index contributed by atoms with van der Waals surface area (Å²) in [6.45, 7) is 5.61. The fourth-order valence-corrected chi connectivity index (χ4v) is 3.40. The normalized spacial score (nSPS) is 15.1. The summed E-state index contributed by atoms with van der Waals surface area (Å²) in [4.78, 5) is 37.3. The van der Waals surface area contributed by atoms with Gasteiger partial charge in [0.25, 0.3) is 5.91 Å². The minimum atomic E-state index is -0.688. The number of likely N-dealkylation sites (tertiary alicyclic amines) is 1. The van der Waals surface area contributed by atoms with E-state index in [1.54, 1.807) is 19.1 Å². The highest BCUT2D eigenvalue weighted by atomic mass is 16.5. The van der Waals surface area contributed by atoms with E-state index in [-0.39, 0.29) is 11.8 Å². The number of amides is 2. The molecule has 2 amide bonds. The van der Waals surface area contributed by atoms with Crippen molar-refractivity contribution < 1.29 is 18.7 Å². The molecule has 7 nitrogen and oxygen atoms in total. The summed E-state index contributed by atoms with van der Waals surface area (Å²) in [6, 6.07) is 6.74. The molecule has 0 radical (unpaired) electrons. The van der Waals surface area contributed by atoms with Crippen LogP contribution >= 0.6 is 0 Å². The van der Waals surface area contributed by atoms with Crippen molar-refractivity contribution in [2.24, 2.45) is 0 Å². The monoisotopic (exact) mass is 386 g/mol. The Morgan fingerprint density at radius 2 is 2.14 bits per heavy atom. The molecule has 150 valence electrons. The molecule has 2 aromatic rings. The fraction of sp³-hybridized carbons (Fsp3) is 0.476. The van der Waals surface area contributed by atoms with Crippen LogP contribution in [0.1, 0.15) is 38.7 Å². The van der Waals surface area contributed by atoms with E-state index in [4.69, 9.17) is 9.15 Å². The topological polar surface area (TPSA) is 88.8 Å². The van der Waals surface area contributed by atoms with E-state index < -0.39 is 11.7 Å². The first-order valence-corrected chi connectivity index (χ1v) is 9.77. The first-order valence-electron chi connectivity index (χ1n) is 9.77. The van der Waals surface area contributed by atoms with Crippen LogP contribution in [0.25, 0.3) is 11.0 Å². The molecule has 1 saturated heterocycles. The fourth-order valence-electron chi connectivity index (χ4n) is 3.40. The van der Waals surface area contributed by atoms with Crippen molar-refractivity contribution in [1.82, 2.24) is 10.2 Å². The molecule has 2 heterocycles. The van der Waals surface area contributed by atoms with Gasteiger partial charge in [0.05, 0.1) is 0 Å². The molecule has 1 aromatic carbocycles. The maximum Gasteiger partial charge on any atom is 0.336 e. The standard InChI is InChI=1S/C21H26N2O5/c1-3-15-12-20(25)28-18-13-16(7-8-17(15)18)27-14(2)21(26)22-9-5-11-23-10-4-6-19(23)24/h7-8,12-14H,3-6,9-11H2,1-2H3,(H,22,26). The Morgan fingerprint density at radius 3 is 2.86 bits per heavy atom. The average Bonchev–Trinajstić information content (AvgIpc) is 3.08. The van der Waals surface area contributed by atoms with Crippen LogP contribution in [0, 0.1) is 0 Å². The molecule has 7 heteroatoms. The Kier molecular flexibility index (Phi) is 6.34. The van der Waals surface area contributed by atoms with Crippen molar-refractivity contribution in [3.8, 4) is 5.75 Å². The minimum Gasteiger partial charge on any atom is -0.481 e. The predicted molar refractivity (Wildman–Crippen MR) is 105 cm³/mol. The highest BCUT2D eigenvalue weighted by Gasteiger charge is 2.20. The van der Waals surface area contributed by atoms with E-state index in [1.165, 1.54) is 6.07 Å². The van der Waals surface area contributed by atoms with Gasteiger partial charge in [-0.3, -0.25) is 9.59 Å². The Morgan fingerprint density at radius 1 is 1.32 bits per heavy atom. The first kappa shape index (κ1) is 19.9. The zero-order chi connectivity index (χ0) is 20.1. The number of rotatable bonds is 8. The quantitative estimate of drug-likeness (QED) is 0.555. The molecule has 1 fully saturated rings. The number of carbonyl (C=O) groups is 2. The van der Waals surface area contributed by atoms with Gasteiger partial charge in [-0.25, -0.2) is 4.79 Å². The molecule has 1 N–H and O–H groups in total. The number of hydrogen-bond donors (Lipinski definition) is 1. The number of ether oxygens (including phenoxy) is 1. The highest BCUT2D eigenvalue weighted by molar-refractivity contribution is 5.83. The third-order valence-corrected chi connectivity index (χ3v) is 4.94. The minimum absolute atomic E-state index is 0.192. The van der Waals surface area contributed by atoms with Crippen LogP contribution in [-0.2, 0) is 16.0 Å². The average molecular weight is 386 g/mol. The molecule has 1 aliphatic heterocycles. The molecule has 0 aliphatic carbocycles. The van der Waals surface area contributed by atoms with Gasteiger partial charge < -0.3 is 19.4 Å². The SMILES string of the molecule is CCc1cc(=O)oc2cc(OC(C)C(=O)NCCCN3CCCC3=O)ccc12. The number of nitrogens with one attached hydrogen (secondary N) is 1. The maximum absolute atomic E-state index is 12.2. The van der Waals surface area contributed by atoms with Crippen molar-refractivity contribution in [2.45, 2.75) is 45.6 Å². The highest BCUT2D eigenvalue weighted by Crippen LogP contribution is 2.23. The van der Waals surface area contributed by atoms with Crippen molar-refractivity contribution >= 4 is 22.8 Å². The summed E-state index contributed by atoms with van der Waals surface area (Å²) in [6.07, 6.45) is 2.30. The van der Waals surface area contributed by atoms with Gasteiger partial charge in [-0.15, -0.1) is 0 Å². The lowest BCUT2D eigenvalue weighted by atomic mass is 10.1. The molecule has 1 aromatic heterocycles. The molecular weight excluding hydrogens is 360 g/mol. The van der Waals surface area contributed by atoms with Gasteiger partial charge in [0, 0.05) is 43.6 Å². The van der Waals surface area contributed by atoms with Crippen LogP contribution in [0.15, 0.2) is 33.5 Å². The molecule has 0 spiro atoms. The van der Waals surface area contributed by atoms with E-state index in [2.05, 4.69) is 5.32 Å². The van der Waals surface area contributed by atoms with Gasteiger partial charge >= 0.3 is 5.63 Å². The van der Waals surface area contributed by atoms with Gasteiger partial charge in [-0.1, -0.05) is 6.92 Å². The zero-order valence-corrected chi connectivity index (χ0v) is 16.3. The Hall–Kier alpha value is -2.83. The molecule has 0 saturated carbocycles. The van der Waals surface area contributed by atoms with Gasteiger partial charge in [-0.2, -0.15) is 0 Å². The summed E-state index contributed by atoms with van der Waals surface area (Å²) in [7, 11) is 0. The number of hydrogen-bond acceptors (Lipinski definition) is 5. The van der Waals surface area contributed by atoms with Crippen LogP contribution in [0.4, 0.5) is 0 Å². The summed E-state index contributed by atoms with van der Waals surface area (Å²) in [5, 5.41) is 3.69. The van der Waals surface area contributed by atoms with Crippen LogP contribution in [0.3, 0.4) is 0 Å². The second kappa shape index (κ2) is 8.91. The summed E-state index contributed by atoms with van der Waals surface area (Å²) < 4.78 is 11.0. The third-order valence-electron chi connectivity index (χ3n) is 4.94. The number of benzene rings is 1. The van der Waals surface area contributed by atoms with Gasteiger partial charge in [-0.05, 0) is 43.9 Å². The van der Waals surface area contributed by atoms with Crippen molar-refractivity contribution in [2.75, 3.05) is 19.6 Å². The Bertz CT molecular complexity index is 921. The molecule has 0 bridgehead atoms. The van der Waals surface area contributed by atoms with Crippen molar-refractivity contribution in [3.05, 3.63) is 40.2 Å². The van der Waals surface area contributed by atoms with Crippen molar-refractivity contribution in [1.29, 1.82) is 0 Å². The third kappa shape index (κ3) is 4.71. The number of carbonyl (C=O) groups excluding carboxylic acids is 2. The Balaban J connectivity index is 1.53. The predicted octanol–water partition coefficient (Wildman–Crippen LogP) is 2.25. The van der Waals surface area contributed by atoms with Crippen LogP contribution in [-0.4, -0.2) is 42.5 Å². The first-order chi connectivity index (χ1) is 13.5. The van der Waals surface area contributed by atoms with Crippen LogP contribution in [0.2, 0.25) is 0 Å². The molecular formula is C21H26N2O5. The lowest BCUT2D eigenvalue weighted by molar-refractivity contribution is -0.127. The Labute approximate surface area is 163 Å². The van der Waals surface area contributed by atoms with Gasteiger partial charge in [0.1, 0.15) is 11.3 Å². The summed E-state index contributed by atoms with van der Waals surface area (Å²) in [5.74, 6) is 0.433. The number of fused-ring (bicyclic) bond motifs is 1. The molecule has 1 unspecified atom stereocenters. The van der Waals surface area contributed by atoms with Gasteiger partial charge in [0.2, 0.25) is 5.91 Å². The largest absolute Gasteiger partial charge is 0.481 e. The lowest BCUT2D eigenvalue weighted by Crippen LogP contribution is -2.38.